The third-order valence-corrected chi connectivity index (χ3v) is 3.10. The maximum atomic E-state index is 10.1. The standard InChI is InChI=1S/C15H24ClN3O.HI/c1-3-5-10-18-15(17-4-2)19-11-14(20)12-6-8-13(16)9-7-12;/h6-9,14,20H,3-5,10-11H2,1-2H3,(H2,17,18,19);1H. The van der Waals surface area contributed by atoms with E-state index in [-0.39, 0.29) is 24.0 Å². The van der Waals surface area contributed by atoms with Gasteiger partial charge in [0.2, 0.25) is 0 Å². The Balaban J connectivity index is 0.00000400. The molecule has 120 valence electrons. The minimum atomic E-state index is -0.617. The van der Waals surface area contributed by atoms with Gasteiger partial charge in [-0.1, -0.05) is 37.1 Å². The van der Waals surface area contributed by atoms with Crippen molar-refractivity contribution >= 4 is 41.5 Å². The zero-order chi connectivity index (χ0) is 14.8. The second-order valence-electron chi connectivity index (χ2n) is 4.57. The van der Waals surface area contributed by atoms with Crippen LogP contribution in [-0.2, 0) is 0 Å². The van der Waals surface area contributed by atoms with E-state index in [1.165, 1.54) is 0 Å². The van der Waals surface area contributed by atoms with Gasteiger partial charge in [0.05, 0.1) is 12.6 Å². The van der Waals surface area contributed by atoms with Crippen molar-refractivity contribution in [3.63, 3.8) is 0 Å². The molecule has 1 atom stereocenters. The summed E-state index contributed by atoms with van der Waals surface area (Å²) >= 11 is 5.83. The van der Waals surface area contributed by atoms with Gasteiger partial charge in [0, 0.05) is 18.1 Å². The molecule has 21 heavy (non-hydrogen) atoms. The number of benzene rings is 1. The molecule has 1 aromatic carbocycles. The highest BCUT2D eigenvalue weighted by Gasteiger charge is 2.07. The average molecular weight is 426 g/mol. The summed E-state index contributed by atoms with van der Waals surface area (Å²) in [6, 6.07) is 7.18. The van der Waals surface area contributed by atoms with E-state index in [0.717, 1.165) is 37.5 Å². The van der Waals surface area contributed by atoms with Crippen LogP contribution < -0.4 is 10.6 Å². The number of aliphatic hydroxyl groups is 1. The van der Waals surface area contributed by atoms with E-state index in [0.29, 0.717) is 11.6 Å². The first-order valence-corrected chi connectivity index (χ1v) is 7.50. The van der Waals surface area contributed by atoms with Crippen molar-refractivity contribution in [3.8, 4) is 0 Å². The number of aliphatic imine (C=N–C) groups is 1. The van der Waals surface area contributed by atoms with Crippen molar-refractivity contribution in [1.82, 2.24) is 10.6 Å². The molecule has 0 aliphatic rings. The number of unbranched alkanes of at least 4 members (excludes halogenated alkanes) is 1. The zero-order valence-corrected chi connectivity index (χ0v) is 15.7. The summed E-state index contributed by atoms with van der Waals surface area (Å²) in [5.41, 5.74) is 0.822. The molecule has 1 rings (SSSR count). The molecule has 6 heteroatoms. The first kappa shape index (κ1) is 20.5. The molecule has 0 saturated carbocycles. The van der Waals surface area contributed by atoms with Gasteiger partial charge in [-0.15, -0.1) is 24.0 Å². The van der Waals surface area contributed by atoms with Crippen molar-refractivity contribution in [3.05, 3.63) is 34.9 Å². The van der Waals surface area contributed by atoms with Crippen LogP contribution in [-0.4, -0.2) is 30.7 Å². The van der Waals surface area contributed by atoms with Gasteiger partial charge in [0.15, 0.2) is 5.96 Å². The number of aliphatic hydroxyl groups excluding tert-OH is 1. The van der Waals surface area contributed by atoms with Gasteiger partial charge in [-0.05, 0) is 31.0 Å². The lowest BCUT2D eigenvalue weighted by Gasteiger charge is -2.13. The predicted molar refractivity (Wildman–Crippen MR) is 101 cm³/mol. The fourth-order valence-corrected chi connectivity index (χ4v) is 1.82. The Labute approximate surface area is 149 Å². The summed E-state index contributed by atoms with van der Waals surface area (Å²) < 4.78 is 0. The van der Waals surface area contributed by atoms with Crippen LogP contribution in [0.25, 0.3) is 0 Å². The minimum Gasteiger partial charge on any atom is -0.386 e. The van der Waals surface area contributed by atoms with Crippen LogP contribution in [0.5, 0.6) is 0 Å². The van der Waals surface area contributed by atoms with Crippen molar-refractivity contribution in [2.24, 2.45) is 4.99 Å². The summed E-state index contributed by atoms with van der Waals surface area (Å²) in [6.45, 7) is 6.18. The van der Waals surface area contributed by atoms with Gasteiger partial charge in [-0.2, -0.15) is 0 Å². The van der Waals surface area contributed by atoms with E-state index in [4.69, 9.17) is 11.6 Å². The summed E-state index contributed by atoms with van der Waals surface area (Å²) in [4.78, 5) is 4.40. The first-order chi connectivity index (χ1) is 9.67. The van der Waals surface area contributed by atoms with Crippen LogP contribution in [0.15, 0.2) is 29.3 Å². The lowest BCUT2D eigenvalue weighted by atomic mass is 10.1. The van der Waals surface area contributed by atoms with Crippen LogP contribution in [0.4, 0.5) is 0 Å². The summed E-state index contributed by atoms with van der Waals surface area (Å²) in [5.74, 6) is 0.744. The van der Waals surface area contributed by atoms with Gasteiger partial charge in [-0.3, -0.25) is 4.99 Å². The third-order valence-electron chi connectivity index (χ3n) is 2.84. The van der Waals surface area contributed by atoms with Crippen molar-refractivity contribution < 1.29 is 5.11 Å². The largest absolute Gasteiger partial charge is 0.386 e. The van der Waals surface area contributed by atoms with Gasteiger partial charge >= 0.3 is 0 Å². The van der Waals surface area contributed by atoms with Crippen LogP contribution in [0.1, 0.15) is 38.4 Å². The molecule has 0 radical (unpaired) electrons. The molecule has 0 bridgehead atoms. The highest BCUT2D eigenvalue weighted by atomic mass is 127. The van der Waals surface area contributed by atoms with Crippen LogP contribution in [0.3, 0.4) is 0 Å². The van der Waals surface area contributed by atoms with Crippen LogP contribution in [0, 0.1) is 0 Å². The molecule has 1 unspecified atom stereocenters. The smallest absolute Gasteiger partial charge is 0.191 e. The summed E-state index contributed by atoms with van der Waals surface area (Å²) in [6.07, 6.45) is 1.62. The van der Waals surface area contributed by atoms with Crippen LogP contribution in [0.2, 0.25) is 5.02 Å². The Bertz CT molecular complexity index is 412. The molecular formula is C15H25ClIN3O. The highest BCUT2D eigenvalue weighted by Crippen LogP contribution is 2.16. The van der Waals surface area contributed by atoms with Gasteiger partial charge < -0.3 is 15.7 Å². The Morgan fingerprint density at radius 2 is 1.90 bits per heavy atom. The summed E-state index contributed by atoms with van der Waals surface area (Å²) in [5, 5.41) is 17.2. The van der Waals surface area contributed by atoms with Gasteiger partial charge in [0.25, 0.3) is 0 Å². The molecule has 0 aromatic heterocycles. The molecule has 0 spiro atoms. The molecule has 0 fully saturated rings. The number of hydrogen-bond donors (Lipinski definition) is 3. The number of nitrogens with zero attached hydrogens (tertiary/aromatic N) is 1. The van der Waals surface area contributed by atoms with Gasteiger partial charge in [-0.25, -0.2) is 0 Å². The lowest BCUT2D eigenvalue weighted by Crippen LogP contribution is -2.38. The van der Waals surface area contributed by atoms with Crippen molar-refractivity contribution in [2.45, 2.75) is 32.8 Å². The SMILES string of the molecule is CCCCNC(=NCC(O)c1ccc(Cl)cc1)NCC.I. The number of nitrogens with one attached hydrogen (secondary N) is 2. The Kier molecular flexibility index (Phi) is 11.8. The third kappa shape index (κ3) is 8.48. The van der Waals surface area contributed by atoms with Gasteiger partial charge in [0.1, 0.15) is 0 Å². The maximum absolute atomic E-state index is 10.1. The van der Waals surface area contributed by atoms with Crippen molar-refractivity contribution in [2.75, 3.05) is 19.6 Å². The second-order valence-corrected chi connectivity index (χ2v) is 5.00. The maximum Gasteiger partial charge on any atom is 0.191 e. The zero-order valence-electron chi connectivity index (χ0n) is 12.6. The van der Waals surface area contributed by atoms with E-state index in [9.17, 15) is 5.11 Å². The predicted octanol–water partition coefficient (Wildman–Crippen LogP) is 3.35. The fourth-order valence-electron chi connectivity index (χ4n) is 1.69. The molecule has 0 aliphatic carbocycles. The quantitative estimate of drug-likeness (QED) is 0.272. The van der Waals surface area contributed by atoms with E-state index in [1.54, 1.807) is 12.1 Å². The molecule has 0 aliphatic heterocycles. The fraction of sp³-hybridized carbons (Fsp3) is 0.533. The molecule has 1 aromatic rings. The highest BCUT2D eigenvalue weighted by molar-refractivity contribution is 14.0. The van der Waals surface area contributed by atoms with Crippen LogP contribution >= 0.6 is 35.6 Å². The molecule has 0 heterocycles. The monoisotopic (exact) mass is 425 g/mol. The molecule has 3 N–H and O–H groups in total. The van der Waals surface area contributed by atoms with E-state index in [1.807, 2.05) is 19.1 Å². The minimum absolute atomic E-state index is 0. The summed E-state index contributed by atoms with van der Waals surface area (Å²) in [7, 11) is 0. The number of rotatable bonds is 7. The average Bonchev–Trinajstić information content (AvgIpc) is 2.45. The lowest BCUT2D eigenvalue weighted by molar-refractivity contribution is 0.187. The molecule has 0 saturated heterocycles. The van der Waals surface area contributed by atoms with E-state index in [2.05, 4.69) is 22.5 Å². The van der Waals surface area contributed by atoms with E-state index >= 15 is 0 Å². The van der Waals surface area contributed by atoms with Crippen molar-refractivity contribution in [1.29, 1.82) is 0 Å². The molecular weight excluding hydrogens is 401 g/mol. The molecule has 4 nitrogen and oxygen atoms in total. The second kappa shape index (κ2) is 12.1. The first-order valence-electron chi connectivity index (χ1n) is 7.13. The van der Waals surface area contributed by atoms with E-state index < -0.39 is 6.10 Å². The Morgan fingerprint density at radius 3 is 2.48 bits per heavy atom. The normalized spacial score (nSPS) is 12.5. The number of guanidine groups is 1. The molecule has 0 amide bonds. The Morgan fingerprint density at radius 1 is 1.24 bits per heavy atom. The Hall–Kier alpha value is -0.530. The topological polar surface area (TPSA) is 56.7 Å². The number of hydrogen-bond acceptors (Lipinski definition) is 2. The number of halogens is 2.